The number of hydrogen-bond donors (Lipinski definition) is 1. The third-order valence-electron chi connectivity index (χ3n) is 6.50. The standard InChI is InChI=1S/C29H30N4O6/c1-36-22-11-7-20(8-12-22)25-18-33(21-9-13-23(37-2)14-10-21)29(30-25)31-27(34)19-32(17-24-5-3-15-38-24)28(35)26-6-4-16-39-26/h4,6-14,16,18,24H,3,5,15,17,19H2,1-2H3,(H,30,31,34)/t24-/m1/s1. The van der Waals surface area contributed by atoms with Crippen molar-refractivity contribution < 1.29 is 28.2 Å². The first-order valence-electron chi connectivity index (χ1n) is 12.7. The predicted octanol–water partition coefficient (Wildman–Crippen LogP) is 4.41. The smallest absolute Gasteiger partial charge is 0.290 e. The van der Waals surface area contributed by atoms with Crippen LogP contribution in [0.25, 0.3) is 16.9 Å². The molecular weight excluding hydrogens is 500 g/mol. The van der Waals surface area contributed by atoms with E-state index in [9.17, 15) is 9.59 Å². The van der Waals surface area contributed by atoms with Gasteiger partial charge in [-0.2, -0.15) is 0 Å². The Balaban J connectivity index is 1.41. The second kappa shape index (κ2) is 11.9. The SMILES string of the molecule is COc1ccc(-c2cn(-c3ccc(OC)cc3)c(NC(=O)CN(C[C@H]3CCCO3)C(=O)c3ccco3)n2)cc1. The molecule has 2 amide bonds. The second-order valence-electron chi connectivity index (χ2n) is 9.09. The number of benzene rings is 2. The minimum atomic E-state index is -0.394. The third-order valence-corrected chi connectivity index (χ3v) is 6.50. The summed E-state index contributed by atoms with van der Waals surface area (Å²) in [6.07, 6.45) is 4.91. The quantitative estimate of drug-likeness (QED) is 0.324. The Morgan fingerprint density at radius 3 is 2.38 bits per heavy atom. The summed E-state index contributed by atoms with van der Waals surface area (Å²) >= 11 is 0. The van der Waals surface area contributed by atoms with Crippen molar-refractivity contribution in [1.29, 1.82) is 0 Å². The maximum absolute atomic E-state index is 13.3. The molecule has 0 saturated carbocycles. The van der Waals surface area contributed by atoms with Crippen molar-refractivity contribution in [2.24, 2.45) is 0 Å². The Kier molecular flexibility index (Phi) is 7.93. The number of anilines is 1. The van der Waals surface area contributed by atoms with Crippen LogP contribution in [-0.2, 0) is 9.53 Å². The van der Waals surface area contributed by atoms with E-state index in [2.05, 4.69) is 5.32 Å². The van der Waals surface area contributed by atoms with Gasteiger partial charge in [-0.3, -0.25) is 19.5 Å². The summed E-state index contributed by atoms with van der Waals surface area (Å²) < 4.78 is 23.4. The van der Waals surface area contributed by atoms with E-state index in [4.69, 9.17) is 23.6 Å². The lowest BCUT2D eigenvalue weighted by atomic mass is 10.1. The van der Waals surface area contributed by atoms with Crippen LogP contribution in [-0.4, -0.2) is 66.3 Å². The average molecular weight is 531 g/mol. The normalized spacial score (nSPS) is 14.7. The molecule has 1 saturated heterocycles. The van der Waals surface area contributed by atoms with Gasteiger partial charge in [0.1, 0.15) is 18.0 Å². The molecule has 1 N–H and O–H groups in total. The van der Waals surface area contributed by atoms with Gasteiger partial charge >= 0.3 is 0 Å². The van der Waals surface area contributed by atoms with Gasteiger partial charge in [0.15, 0.2) is 5.76 Å². The van der Waals surface area contributed by atoms with Crippen LogP contribution in [0, 0.1) is 0 Å². The fourth-order valence-electron chi connectivity index (χ4n) is 4.46. The fourth-order valence-corrected chi connectivity index (χ4v) is 4.46. The third kappa shape index (κ3) is 6.12. The van der Waals surface area contributed by atoms with Crippen LogP contribution in [0.4, 0.5) is 5.95 Å². The first-order valence-corrected chi connectivity index (χ1v) is 12.7. The molecule has 4 aromatic rings. The predicted molar refractivity (Wildman–Crippen MR) is 144 cm³/mol. The molecule has 1 aliphatic rings. The van der Waals surface area contributed by atoms with Gasteiger partial charge in [-0.25, -0.2) is 4.98 Å². The number of methoxy groups -OCH3 is 2. The summed E-state index contributed by atoms with van der Waals surface area (Å²) in [5.41, 5.74) is 2.29. The van der Waals surface area contributed by atoms with Crippen LogP contribution in [0.1, 0.15) is 23.4 Å². The highest BCUT2D eigenvalue weighted by atomic mass is 16.5. The van der Waals surface area contributed by atoms with Gasteiger partial charge in [0.25, 0.3) is 5.91 Å². The molecule has 39 heavy (non-hydrogen) atoms. The van der Waals surface area contributed by atoms with Gasteiger partial charge in [0.05, 0.1) is 32.3 Å². The first-order chi connectivity index (χ1) is 19.0. The molecule has 2 aromatic carbocycles. The fraction of sp³-hybridized carbons (Fsp3) is 0.276. The van der Waals surface area contributed by atoms with Crippen LogP contribution in [0.2, 0.25) is 0 Å². The highest BCUT2D eigenvalue weighted by Gasteiger charge is 2.27. The molecule has 0 unspecified atom stereocenters. The number of amides is 2. The number of carbonyl (C=O) groups excluding carboxylic acids is 2. The molecule has 2 aromatic heterocycles. The number of nitrogens with zero attached hydrogens (tertiary/aromatic N) is 3. The maximum Gasteiger partial charge on any atom is 0.290 e. The molecule has 5 rings (SSSR count). The topological polar surface area (TPSA) is 108 Å². The van der Waals surface area contributed by atoms with E-state index < -0.39 is 5.91 Å². The van der Waals surface area contributed by atoms with Crippen LogP contribution in [0.5, 0.6) is 11.5 Å². The van der Waals surface area contributed by atoms with Crippen LogP contribution in [0.15, 0.2) is 77.5 Å². The number of ether oxygens (including phenoxy) is 3. The number of hydrogen-bond acceptors (Lipinski definition) is 7. The zero-order valence-electron chi connectivity index (χ0n) is 21.8. The van der Waals surface area contributed by atoms with E-state index in [1.54, 1.807) is 30.9 Å². The van der Waals surface area contributed by atoms with E-state index in [1.807, 2.05) is 54.7 Å². The molecule has 0 radical (unpaired) electrons. The highest BCUT2D eigenvalue weighted by Crippen LogP contribution is 2.27. The molecule has 0 aliphatic carbocycles. The summed E-state index contributed by atoms with van der Waals surface area (Å²) in [5, 5.41) is 2.90. The Labute approximate surface area is 226 Å². The Hall–Kier alpha value is -4.57. The van der Waals surface area contributed by atoms with Crippen molar-refractivity contribution >= 4 is 17.8 Å². The molecule has 1 fully saturated rings. The summed E-state index contributed by atoms with van der Waals surface area (Å²) in [7, 11) is 3.21. The van der Waals surface area contributed by atoms with Crippen molar-refractivity contribution in [3.63, 3.8) is 0 Å². The Morgan fingerprint density at radius 2 is 1.77 bits per heavy atom. The van der Waals surface area contributed by atoms with Crippen LogP contribution >= 0.6 is 0 Å². The van der Waals surface area contributed by atoms with E-state index >= 15 is 0 Å². The van der Waals surface area contributed by atoms with E-state index in [0.29, 0.717) is 24.0 Å². The average Bonchev–Trinajstić information content (AvgIpc) is 3.75. The van der Waals surface area contributed by atoms with Gasteiger partial charge < -0.3 is 23.5 Å². The molecule has 0 spiro atoms. The highest BCUT2D eigenvalue weighted by molar-refractivity contribution is 5.97. The monoisotopic (exact) mass is 530 g/mol. The lowest BCUT2D eigenvalue weighted by molar-refractivity contribution is -0.117. The van der Waals surface area contributed by atoms with Crippen molar-refractivity contribution in [2.75, 3.05) is 39.2 Å². The van der Waals surface area contributed by atoms with Crippen molar-refractivity contribution in [1.82, 2.24) is 14.5 Å². The Morgan fingerprint density at radius 1 is 1.05 bits per heavy atom. The zero-order valence-corrected chi connectivity index (χ0v) is 21.8. The zero-order chi connectivity index (χ0) is 27.2. The van der Waals surface area contributed by atoms with Crippen LogP contribution in [0.3, 0.4) is 0 Å². The second-order valence-corrected chi connectivity index (χ2v) is 9.09. The van der Waals surface area contributed by atoms with E-state index in [1.165, 1.54) is 11.2 Å². The number of furan rings is 1. The molecule has 1 aliphatic heterocycles. The minimum Gasteiger partial charge on any atom is -0.497 e. The molecule has 1 atom stereocenters. The summed E-state index contributed by atoms with van der Waals surface area (Å²) in [6, 6.07) is 18.1. The van der Waals surface area contributed by atoms with Gasteiger partial charge in [-0.1, -0.05) is 0 Å². The van der Waals surface area contributed by atoms with Crippen molar-refractivity contribution in [2.45, 2.75) is 18.9 Å². The summed E-state index contributed by atoms with van der Waals surface area (Å²) in [4.78, 5) is 32.6. The first kappa shape index (κ1) is 26.1. The van der Waals surface area contributed by atoms with E-state index in [-0.39, 0.29) is 30.9 Å². The van der Waals surface area contributed by atoms with Gasteiger partial charge in [0.2, 0.25) is 11.9 Å². The van der Waals surface area contributed by atoms with Gasteiger partial charge in [-0.15, -0.1) is 0 Å². The number of imidazole rings is 1. The molecule has 3 heterocycles. The number of rotatable bonds is 10. The number of aromatic nitrogens is 2. The Bertz CT molecular complexity index is 1390. The van der Waals surface area contributed by atoms with E-state index in [0.717, 1.165) is 29.8 Å². The molecule has 202 valence electrons. The largest absolute Gasteiger partial charge is 0.497 e. The lowest BCUT2D eigenvalue weighted by Crippen LogP contribution is -2.42. The molecular formula is C29H30N4O6. The van der Waals surface area contributed by atoms with Crippen molar-refractivity contribution in [3.8, 4) is 28.4 Å². The lowest BCUT2D eigenvalue weighted by Gasteiger charge is -2.24. The molecule has 0 bridgehead atoms. The maximum atomic E-state index is 13.3. The van der Waals surface area contributed by atoms with Gasteiger partial charge in [-0.05, 0) is 73.5 Å². The summed E-state index contributed by atoms with van der Waals surface area (Å²) in [6.45, 7) is 0.747. The van der Waals surface area contributed by atoms with Gasteiger partial charge in [0, 0.05) is 30.6 Å². The van der Waals surface area contributed by atoms with Crippen molar-refractivity contribution in [3.05, 3.63) is 78.9 Å². The molecule has 10 nitrogen and oxygen atoms in total. The summed E-state index contributed by atoms with van der Waals surface area (Å²) in [5.74, 6) is 1.16. The number of nitrogens with one attached hydrogen (secondary N) is 1. The minimum absolute atomic E-state index is 0.125. The number of carbonyl (C=O) groups is 2. The van der Waals surface area contributed by atoms with Crippen LogP contribution < -0.4 is 14.8 Å². The molecule has 10 heteroatoms.